The number of aromatic hydroxyl groups is 2. The lowest BCUT2D eigenvalue weighted by molar-refractivity contribution is 0.0946. The highest BCUT2D eigenvalue weighted by Crippen LogP contribution is 2.36. The van der Waals surface area contributed by atoms with Crippen molar-refractivity contribution in [3.8, 4) is 23.1 Å². The molecule has 0 saturated carbocycles. The van der Waals surface area contributed by atoms with Gasteiger partial charge in [-0.2, -0.15) is 0 Å². The summed E-state index contributed by atoms with van der Waals surface area (Å²) in [6.07, 6.45) is 13.3. The van der Waals surface area contributed by atoms with Gasteiger partial charge in [0.25, 0.3) is 0 Å². The zero-order chi connectivity index (χ0) is 34.2. The number of rotatable bonds is 16. The summed E-state index contributed by atoms with van der Waals surface area (Å²) in [7, 11) is 0. The highest BCUT2D eigenvalue weighted by Gasteiger charge is 2.28. The molecule has 6 rings (SSSR count). The predicted molar refractivity (Wildman–Crippen MR) is 188 cm³/mol. The van der Waals surface area contributed by atoms with Gasteiger partial charge in [-0.05, 0) is 94.3 Å². The normalized spacial score (nSPS) is 16.2. The fraction of sp³-hybridized carbons (Fsp3) is 0.526. The number of H-pyrrole nitrogens is 1. The minimum Gasteiger partial charge on any atom is -0.506 e. The summed E-state index contributed by atoms with van der Waals surface area (Å²) in [5.74, 6) is 0.00153. The number of hydrogen-bond acceptors (Lipinski definition) is 8. The number of pyridine rings is 1. The van der Waals surface area contributed by atoms with Crippen LogP contribution in [0.5, 0.6) is 17.4 Å². The first-order valence-corrected chi connectivity index (χ1v) is 18.1. The van der Waals surface area contributed by atoms with Gasteiger partial charge >= 0.3 is 0 Å². The molecule has 3 heterocycles. The standard InChI is InChI=1S/C38H50FN5O5/c39-30-12-10-14-33(46)37(30)44-31-13-7-6-11-29(31)38(42-44)49-26-19-23-43(24-20-26)22-9-5-3-1-2-4-8-21-40-25-34(47)27-15-17-32(45)36-28(27)16-18-35(48)41-36/h10,12,14-18,26,34,40,45-47H,1-9,11,13,19-25H2,(H,41,48)/t34-/m0/s1. The second kappa shape index (κ2) is 16.7. The summed E-state index contributed by atoms with van der Waals surface area (Å²) in [5, 5.41) is 39.8. The van der Waals surface area contributed by atoms with E-state index in [1.807, 2.05) is 0 Å². The Kier molecular flexibility index (Phi) is 11.9. The van der Waals surface area contributed by atoms with E-state index in [9.17, 15) is 24.5 Å². The Labute approximate surface area is 286 Å². The van der Waals surface area contributed by atoms with Crippen LogP contribution in [0, 0.1) is 5.82 Å². The van der Waals surface area contributed by atoms with Crippen molar-refractivity contribution >= 4 is 10.9 Å². The molecule has 1 atom stereocenters. The Hall–Kier alpha value is -3.93. The number of para-hydroxylation sites is 1. The van der Waals surface area contributed by atoms with E-state index in [1.54, 1.807) is 16.8 Å². The van der Waals surface area contributed by atoms with Crippen molar-refractivity contribution in [2.45, 2.75) is 95.7 Å². The van der Waals surface area contributed by atoms with Gasteiger partial charge in [-0.15, -0.1) is 5.10 Å². The van der Waals surface area contributed by atoms with Crippen LogP contribution in [-0.4, -0.2) is 73.8 Å². The molecule has 10 nitrogen and oxygen atoms in total. The lowest BCUT2D eigenvalue weighted by Gasteiger charge is -2.31. The van der Waals surface area contributed by atoms with E-state index < -0.39 is 11.9 Å². The number of fused-ring (bicyclic) bond motifs is 2. The van der Waals surface area contributed by atoms with Crippen molar-refractivity contribution in [2.75, 3.05) is 32.7 Å². The number of phenolic OH excluding ortho intramolecular Hbond substituents is 2. The molecule has 1 saturated heterocycles. The number of benzene rings is 2. The zero-order valence-electron chi connectivity index (χ0n) is 28.3. The first-order valence-electron chi connectivity index (χ1n) is 18.1. The van der Waals surface area contributed by atoms with Crippen molar-refractivity contribution in [3.63, 3.8) is 0 Å². The van der Waals surface area contributed by atoms with Crippen LogP contribution in [0.1, 0.15) is 93.6 Å². The van der Waals surface area contributed by atoms with Crippen molar-refractivity contribution in [1.29, 1.82) is 0 Å². The number of aliphatic hydroxyl groups is 1. The van der Waals surface area contributed by atoms with Gasteiger partial charge < -0.3 is 35.3 Å². The zero-order valence-corrected chi connectivity index (χ0v) is 28.3. The molecule has 5 N–H and O–H groups in total. The molecule has 0 bridgehead atoms. The van der Waals surface area contributed by atoms with E-state index >= 15 is 0 Å². The topological polar surface area (TPSA) is 136 Å². The number of ether oxygens (including phenoxy) is 1. The molecule has 0 radical (unpaired) electrons. The number of nitrogens with one attached hydrogen (secondary N) is 2. The van der Waals surface area contributed by atoms with Crippen LogP contribution in [-0.2, 0) is 12.8 Å². The molecule has 0 spiro atoms. The van der Waals surface area contributed by atoms with E-state index in [0.717, 1.165) is 88.8 Å². The van der Waals surface area contributed by atoms with Crippen LogP contribution in [0.15, 0.2) is 47.3 Å². The van der Waals surface area contributed by atoms with E-state index in [0.29, 0.717) is 28.9 Å². The molecule has 49 heavy (non-hydrogen) atoms. The molecule has 0 amide bonds. The summed E-state index contributed by atoms with van der Waals surface area (Å²) >= 11 is 0. The van der Waals surface area contributed by atoms with E-state index in [-0.39, 0.29) is 28.8 Å². The van der Waals surface area contributed by atoms with Crippen molar-refractivity contribution in [1.82, 2.24) is 25.0 Å². The summed E-state index contributed by atoms with van der Waals surface area (Å²) in [5.41, 5.74) is 2.86. The van der Waals surface area contributed by atoms with Crippen LogP contribution in [0.4, 0.5) is 4.39 Å². The van der Waals surface area contributed by atoms with Gasteiger partial charge in [-0.1, -0.05) is 44.2 Å². The van der Waals surface area contributed by atoms with Gasteiger partial charge in [0, 0.05) is 36.7 Å². The maximum absolute atomic E-state index is 14.7. The Morgan fingerprint density at radius 1 is 0.939 bits per heavy atom. The number of nitrogens with zero attached hydrogens (tertiary/aromatic N) is 3. The second-order valence-electron chi connectivity index (χ2n) is 13.6. The largest absolute Gasteiger partial charge is 0.506 e. The van der Waals surface area contributed by atoms with Gasteiger partial charge in [0.05, 0.1) is 17.3 Å². The summed E-state index contributed by atoms with van der Waals surface area (Å²) < 4.78 is 22.7. The number of unbranched alkanes of at least 4 members (excludes halogenated alkanes) is 6. The smallest absolute Gasteiger partial charge is 0.248 e. The van der Waals surface area contributed by atoms with Gasteiger partial charge in [0.15, 0.2) is 5.82 Å². The Bertz CT molecular complexity index is 1730. The Morgan fingerprint density at radius 2 is 1.69 bits per heavy atom. The maximum Gasteiger partial charge on any atom is 0.248 e. The first-order chi connectivity index (χ1) is 23.9. The lowest BCUT2D eigenvalue weighted by atomic mass is 9.97. The molecule has 264 valence electrons. The van der Waals surface area contributed by atoms with Crippen LogP contribution < -0.4 is 15.6 Å². The summed E-state index contributed by atoms with van der Waals surface area (Å²) in [6, 6.07) is 10.6. The number of aliphatic hydroxyl groups excluding tert-OH is 1. The van der Waals surface area contributed by atoms with E-state index in [2.05, 4.69) is 20.3 Å². The fourth-order valence-corrected chi connectivity index (χ4v) is 7.33. The quantitative estimate of drug-likeness (QED) is 0.0908. The molecule has 1 fully saturated rings. The van der Waals surface area contributed by atoms with Crippen LogP contribution in [0.3, 0.4) is 0 Å². The monoisotopic (exact) mass is 675 g/mol. The number of piperidine rings is 1. The molecule has 2 aromatic heterocycles. The van der Waals surface area contributed by atoms with Crippen molar-refractivity contribution in [3.05, 3.63) is 75.5 Å². The van der Waals surface area contributed by atoms with Crippen LogP contribution >= 0.6 is 0 Å². The molecule has 2 aromatic carbocycles. The number of likely N-dealkylation sites (tertiary alicyclic amines) is 1. The molecule has 1 aliphatic heterocycles. The molecule has 1 aliphatic carbocycles. The minimum absolute atomic E-state index is 0.00498. The summed E-state index contributed by atoms with van der Waals surface area (Å²) in [6.45, 7) is 4.37. The average molecular weight is 676 g/mol. The second-order valence-corrected chi connectivity index (χ2v) is 13.6. The number of hydrogen-bond donors (Lipinski definition) is 5. The first kappa shape index (κ1) is 34.9. The Balaban J connectivity index is 0.827. The highest BCUT2D eigenvalue weighted by atomic mass is 19.1. The lowest BCUT2D eigenvalue weighted by Crippen LogP contribution is -2.38. The summed E-state index contributed by atoms with van der Waals surface area (Å²) in [4.78, 5) is 16.8. The van der Waals surface area contributed by atoms with E-state index in [4.69, 9.17) is 4.74 Å². The van der Waals surface area contributed by atoms with Gasteiger partial charge in [-0.25, -0.2) is 9.07 Å². The van der Waals surface area contributed by atoms with Gasteiger partial charge in [-0.3, -0.25) is 4.79 Å². The van der Waals surface area contributed by atoms with Crippen molar-refractivity contribution < 1.29 is 24.4 Å². The number of aromatic amines is 1. The van der Waals surface area contributed by atoms with Crippen molar-refractivity contribution in [2.24, 2.45) is 0 Å². The van der Waals surface area contributed by atoms with Gasteiger partial charge in [0.1, 0.15) is 23.3 Å². The molecule has 2 aliphatic rings. The van der Waals surface area contributed by atoms with Crippen LogP contribution in [0.25, 0.3) is 16.6 Å². The van der Waals surface area contributed by atoms with E-state index in [1.165, 1.54) is 62.4 Å². The van der Waals surface area contributed by atoms with Crippen LogP contribution in [0.2, 0.25) is 0 Å². The average Bonchev–Trinajstić information content (AvgIpc) is 3.45. The molecule has 4 aromatic rings. The molecular formula is C38H50FN5O5. The molecule has 11 heteroatoms. The predicted octanol–water partition coefficient (Wildman–Crippen LogP) is 6.04. The number of halogens is 1. The third kappa shape index (κ3) is 8.63. The maximum atomic E-state index is 14.7. The third-order valence-corrected chi connectivity index (χ3v) is 10.1. The minimum atomic E-state index is -0.731. The fourth-order valence-electron chi connectivity index (χ4n) is 7.33. The molecular weight excluding hydrogens is 625 g/mol. The highest BCUT2D eigenvalue weighted by molar-refractivity contribution is 5.87. The SMILES string of the molecule is O=c1ccc2c([C@@H](O)CNCCCCCCCCCN3CCC(Oc4nn(-c5c(O)cccc5F)c5c4CCCC5)CC3)ccc(O)c2[nH]1. The number of aromatic nitrogens is 3. The number of phenols is 2. The molecule has 0 unspecified atom stereocenters. The Morgan fingerprint density at radius 3 is 2.49 bits per heavy atom. The van der Waals surface area contributed by atoms with Gasteiger partial charge in [0.2, 0.25) is 11.4 Å². The third-order valence-electron chi connectivity index (χ3n) is 10.1.